The zero-order chi connectivity index (χ0) is 11.5. The fourth-order valence-electron chi connectivity index (χ4n) is 1.82. The third-order valence-corrected chi connectivity index (χ3v) is 2.93. The van der Waals surface area contributed by atoms with Crippen molar-refractivity contribution in [2.45, 2.75) is 25.4 Å². The molecule has 4 nitrogen and oxygen atoms in total. The summed E-state index contributed by atoms with van der Waals surface area (Å²) in [6, 6.07) is 8.55. The molecule has 1 aliphatic carbocycles. The predicted molar refractivity (Wildman–Crippen MR) is 63.4 cm³/mol. The lowest BCUT2D eigenvalue weighted by atomic mass is 10.1. The van der Waals surface area contributed by atoms with E-state index in [0.717, 1.165) is 18.2 Å². The number of hydrogen-bond acceptors (Lipinski definition) is 3. The molecule has 0 aliphatic heterocycles. The Bertz CT molecular complexity index is 399. The average molecular weight is 219 g/mol. The monoisotopic (exact) mass is 219 g/mol. The van der Waals surface area contributed by atoms with Gasteiger partial charge in [0, 0.05) is 18.2 Å². The molecule has 1 fully saturated rings. The molecule has 0 amide bonds. The molecule has 0 heterocycles. The van der Waals surface area contributed by atoms with E-state index in [0.29, 0.717) is 0 Å². The Kier molecular flexibility index (Phi) is 3.10. The molecular formula is C12H17N3O. The maximum Gasteiger partial charge on any atom is 0.170 e. The Labute approximate surface area is 95.4 Å². The lowest BCUT2D eigenvalue weighted by molar-refractivity contribution is 0.316. The van der Waals surface area contributed by atoms with Crippen molar-refractivity contribution in [3.63, 3.8) is 0 Å². The molecule has 0 saturated heterocycles. The highest BCUT2D eigenvalue weighted by Crippen LogP contribution is 2.26. The highest BCUT2D eigenvalue weighted by molar-refractivity contribution is 5.97. The molecule has 1 aromatic carbocycles. The van der Waals surface area contributed by atoms with Gasteiger partial charge in [-0.25, -0.2) is 0 Å². The number of amidine groups is 1. The maximum absolute atomic E-state index is 8.61. The molecule has 1 saturated carbocycles. The van der Waals surface area contributed by atoms with Gasteiger partial charge in [0.2, 0.25) is 0 Å². The first-order valence-electron chi connectivity index (χ1n) is 5.48. The van der Waals surface area contributed by atoms with Crippen molar-refractivity contribution in [1.29, 1.82) is 0 Å². The van der Waals surface area contributed by atoms with Crippen molar-refractivity contribution < 1.29 is 5.21 Å². The van der Waals surface area contributed by atoms with Gasteiger partial charge in [-0.3, -0.25) is 4.90 Å². The zero-order valence-electron chi connectivity index (χ0n) is 9.43. The number of benzene rings is 1. The van der Waals surface area contributed by atoms with E-state index in [1.807, 2.05) is 18.2 Å². The van der Waals surface area contributed by atoms with Gasteiger partial charge in [-0.1, -0.05) is 23.4 Å². The van der Waals surface area contributed by atoms with Crippen LogP contribution in [0.5, 0.6) is 0 Å². The SMILES string of the molecule is CN(Cc1cccc(/C(N)=N/O)c1)C1CC1. The molecule has 1 aliphatic rings. The number of hydrogen-bond donors (Lipinski definition) is 2. The van der Waals surface area contributed by atoms with Gasteiger partial charge in [0.25, 0.3) is 0 Å². The van der Waals surface area contributed by atoms with E-state index < -0.39 is 0 Å². The van der Waals surface area contributed by atoms with Gasteiger partial charge in [-0.05, 0) is 31.5 Å². The van der Waals surface area contributed by atoms with Crippen LogP contribution in [0.25, 0.3) is 0 Å². The molecule has 0 radical (unpaired) electrons. The van der Waals surface area contributed by atoms with Crippen LogP contribution >= 0.6 is 0 Å². The zero-order valence-corrected chi connectivity index (χ0v) is 9.43. The van der Waals surface area contributed by atoms with E-state index in [-0.39, 0.29) is 5.84 Å². The lowest BCUT2D eigenvalue weighted by Gasteiger charge is -2.15. The summed E-state index contributed by atoms with van der Waals surface area (Å²) in [5, 5.41) is 11.6. The lowest BCUT2D eigenvalue weighted by Crippen LogP contribution is -2.20. The molecule has 16 heavy (non-hydrogen) atoms. The van der Waals surface area contributed by atoms with Crippen LogP contribution in [0.1, 0.15) is 24.0 Å². The second-order valence-corrected chi connectivity index (χ2v) is 4.33. The average Bonchev–Trinajstić information content (AvgIpc) is 3.12. The van der Waals surface area contributed by atoms with Crippen LogP contribution in [0.4, 0.5) is 0 Å². The number of oxime groups is 1. The summed E-state index contributed by atoms with van der Waals surface area (Å²) in [6.45, 7) is 0.914. The summed E-state index contributed by atoms with van der Waals surface area (Å²) >= 11 is 0. The van der Waals surface area contributed by atoms with Crippen molar-refractivity contribution in [1.82, 2.24) is 4.90 Å². The number of rotatable bonds is 4. The Morgan fingerprint density at radius 1 is 1.56 bits per heavy atom. The van der Waals surface area contributed by atoms with E-state index in [1.54, 1.807) is 0 Å². The van der Waals surface area contributed by atoms with Crippen LogP contribution in [0.2, 0.25) is 0 Å². The molecular weight excluding hydrogens is 202 g/mol. The van der Waals surface area contributed by atoms with Gasteiger partial charge in [-0.2, -0.15) is 0 Å². The second-order valence-electron chi connectivity index (χ2n) is 4.33. The van der Waals surface area contributed by atoms with Crippen LogP contribution in [-0.4, -0.2) is 29.0 Å². The van der Waals surface area contributed by atoms with Crippen molar-refractivity contribution in [3.05, 3.63) is 35.4 Å². The molecule has 86 valence electrons. The molecule has 4 heteroatoms. The molecule has 0 aromatic heterocycles. The molecule has 0 unspecified atom stereocenters. The Morgan fingerprint density at radius 2 is 2.31 bits per heavy atom. The van der Waals surface area contributed by atoms with Gasteiger partial charge >= 0.3 is 0 Å². The van der Waals surface area contributed by atoms with Crippen LogP contribution < -0.4 is 5.73 Å². The molecule has 0 bridgehead atoms. The summed E-state index contributed by atoms with van der Waals surface area (Å²) in [6.07, 6.45) is 2.60. The third kappa shape index (κ3) is 2.52. The van der Waals surface area contributed by atoms with Gasteiger partial charge in [-0.15, -0.1) is 0 Å². The summed E-state index contributed by atoms with van der Waals surface area (Å²) in [5.74, 6) is 0.163. The van der Waals surface area contributed by atoms with E-state index >= 15 is 0 Å². The normalized spacial score (nSPS) is 16.8. The van der Waals surface area contributed by atoms with Crippen LogP contribution in [-0.2, 0) is 6.54 Å². The van der Waals surface area contributed by atoms with Crippen LogP contribution in [0.3, 0.4) is 0 Å². The topological polar surface area (TPSA) is 61.8 Å². The summed E-state index contributed by atoms with van der Waals surface area (Å²) in [5.41, 5.74) is 7.51. The minimum atomic E-state index is 0.163. The molecule has 3 N–H and O–H groups in total. The standard InChI is InChI=1S/C12H17N3O/c1-15(11-5-6-11)8-9-3-2-4-10(7-9)12(13)14-16/h2-4,7,11,16H,5-6,8H2,1H3,(H2,13,14). The van der Waals surface area contributed by atoms with E-state index in [2.05, 4.69) is 23.2 Å². The van der Waals surface area contributed by atoms with Gasteiger partial charge in [0.15, 0.2) is 5.84 Å². The first-order valence-corrected chi connectivity index (χ1v) is 5.48. The first-order chi connectivity index (χ1) is 7.70. The third-order valence-electron chi connectivity index (χ3n) is 2.93. The van der Waals surface area contributed by atoms with E-state index in [1.165, 1.54) is 18.4 Å². The van der Waals surface area contributed by atoms with E-state index in [4.69, 9.17) is 10.9 Å². The minimum Gasteiger partial charge on any atom is -0.409 e. The largest absolute Gasteiger partial charge is 0.409 e. The first kappa shape index (κ1) is 11.0. The summed E-state index contributed by atoms with van der Waals surface area (Å²) in [7, 11) is 2.13. The van der Waals surface area contributed by atoms with Crippen molar-refractivity contribution in [3.8, 4) is 0 Å². The van der Waals surface area contributed by atoms with E-state index in [9.17, 15) is 0 Å². The van der Waals surface area contributed by atoms with Gasteiger partial charge in [0.1, 0.15) is 0 Å². The van der Waals surface area contributed by atoms with Crippen LogP contribution in [0.15, 0.2) is 29.4 Å². The maximum atomic E-state index is 8.61. The molecule has 0 spiro atoms. The second kappa shape index (κ2) is 4.53. The molecule has 0 atom stereocenters. The van der Waals surface area contributed by atoms with Crippen molar-refractivity contribution >= 4 is 5.84 Å². The minimum absolute atomic E-state index is 0.163. The Hall–Kier alpha value is -1.55. The van der Waals surface area contributed by atoms with Crippen LogP contribution in [0, 0.1) is 0 Å². The summed E-state index contributed by atoms with van der Waals surface area (Å²) < 4.78 is 0. The summed E-state index contributed by atoms with van der Waals surface area (Å²) in [4.78, 5) is 2.34. The predicted octanol–water partition coefficient (Wildman–Crippen LogP) is 1.38. The quantitative estimate of drug-likeness (QED) is 0.348. The van der Waals surface area contributed by atoms with Gasteiger partial charge < -0.3 is 10.9 Å². The van der Waals surface area contributed by atoms with Crippen molar-refractivity contribution in [2.24, 2.45) is 10.9 Å². The van der Waals surface area contributed by atoms with Crippen molar-refractivity contribution in [2.75, 3.05) is 7.05 Å². The number of nitrogens with zero attached hydrogens (tertiary/aromatic N) is 2. The number of nitrogens with two attached hydrogens (primary N) is 1. The molecule has 1 aromatic rings. The van der Waals surface area contributed by atoms with Gasteiger partial charge in [0.05, 0.1) is 0 Å². The molecule has 2 rings (SSSR count). The fourth-order valence-corrected chi connectivity index (χ4v) is 1.82. The fraction of sp³-hybridized carbons (Fsp3) is 0.417. The highest BCUT2D eigenvalue weighted by Gasteiger charge is 2.25. The highest BCUT2D eigenvalue weighted by atomic mass is 16.4. The Morgan fingerprint density at radius 3 is 2.94 bits per heavy atom. The smallest absolute Gasteiger partial charge is 0.170 e. The Balaban J connectivity index is 2.09.